The van der Waals surface area contributed by atoms with Gasteiger partial charge < -0.3 is 15.2 Å². The Balaban J connectivity index is 3.05. The van der Waals surface area contributed by atoms with Gasteiger partial charge in [0.1, 0.15) is 5.75 Å². The summed E-state index contributed by atoms with van der Waals surface area (Å²) in [6.07, 6.45) is 1.49. The van der Waals surface area contributed by atoms with Crippen LogP contribution in [0.5, 0.6) is 5.75 Å². The molecule has 0 aliphatic rings. The molecule has 0 fully saturated rings. The first kappa shape index (κ1) is 12.4. The van der Waals surface area contributed by atoms with Gasteiger partial charge in [-0.05, 0) is 24.9 Å². The highest BCUT2D eigenvalue weighted by molar-refractivity contribution is 7.98. The van der Waals surface area contributed by atoms with Crippen LogP contribution in [0.25, 0.3) is 0 Å². The Kier molecular flexibility index (Phi) is 4.94. The third kappa shape index (κ3) is 2.87. The third-order valence-corrected chi connectivity index (χ3v) is 3.04. The second-order valence-electron chi connectivity index (χ2n) is 3.16. The van der Waals surface area contributed by atoms with Gasteiger partial charge >= 0.3 is 0 Å². The summed E-state index contributed by atoms with van der Waals surface area (Å²) in [4.78, 5) is 1.00. The zero-order valence-corrected chi connectivity index (χ0v) is 10.1. The first-order chi connectivity index (χ1) is 7.24. The van der Waals surface area contributed by atoms with Crippen molar-refractivity contribution in [3.63, 3.8) is 0 Å². The van der Waals surface area contributed by atoms with Crippen LogP contribution in [0.3, 0.4) is 0 Å². The fourth-order valence-corrected chi connectivity index (χ4v) is 2.27. The molecule has 0 saturated heterocycles. The van der Waals surface area contributed by atoms with Gasteiger partial charge in [0, 0.05) is 6.54 Å². The standard InChI is InChI=1S/C11H17NO2S/c1-12-7-9(13)8-5-4-6-10(14-2)11(8)15-3/h4-6,9,12-13H,7H2,1-3H3. The lowest BCUT2D eigenvalue weighted by molar-refractivity contribution is 0.174. The molecule has 0 amide bonds. The highest BCUT2D eigenvalue weighted by atomic mass is 32.2. The number of ether oxygens (including phenoxy) is 1. The SMILES string of the molecule is CNCC(O)c1cccc(OC)c1SC. The Bertz CT molecular complexity index is 317. The van der Waals surface area contributed by atoms with Gasteiger partial charge in [-0.25, -0.2) is 0 Å². The number of aliphatic hydroxyl groups excluding tert-OH is 1. The van der Waals surface area contributed by atoms with Gasteiger partial charge in [-0.15, -0.1) is 11.8 Å². The van der Waals surface area contributed by atoms with E-state index >= 15 is 0 Å². The molecule has 0 aliphatic carbocycles. The molecular weight excluding hydrogens is 210 g/mol. The van der Waals surface area contributed by atoms with Crippen molar-refractivity contribution in [1.82, 2.24) is 5.32 Å². The third-order valence-electron chi connectivity index (χ3n) is 2.19. The Labute approximate surface area is 94.8 Å². The lowest BCUT2D eigenvalue weighted by Crippen LogP contribution is -2.17. The van der Waals surface area contributed by atoms with Crippen LogP contribution < -0.4 is 10.1 Å². The number of nitrogens with one attached hydrogen (secondary N) is 1. The molecule has 1 aromatic rings. The molecule has 0 spiro atoms. The van der Waals surface area contributed by atoms with Crippen molar-refractivity contribution in [2.45, 2.75) is 11.0 Å². The van der Waals surface area contributed by atoms with Crippen molar-refractivity contribution in [2.75, 3.05) is 27.0 Å². The Hall–Kier alpha value is -0.710. The van der Waals surface area contributed by atoms with Crippen LogP contribution in [-0.2, 0) is 0 Å². The maximum Gasteiger partial charge on any atom is 0.132 e. The highest BCUT2D eigenvalue weighted by Crippen LogP contribution is 2.34. The summed E-state index contributed by atoms with van der Waals surface area (Å²) in [6, 6.07) is 5.73. The largest absolute Gasteiger partial charge is 0.496 e. The number of rotatable bonds is 5. The molecule has 2 N–H and O–H groups in total. The van der Waals surface area contributed by atoms with E-state index in [1.807, 2.05) is 31.5 Å². The van der Waals surface area contributed by atoms with Crippen LogP contribution in [0.4, 0.5) is 0 Å². The van der Waals surface area contributed by atoms with Crippen molar-refractivity contribution in [2.24, 2.45) is 0 Å². The number of methoxy groups -OCH3 is 1. The summed E-state index contributed by atoms with van der Waals surface area (Å²) >= 11 is 1.59. The molecule has 1 rings (SSSR count). The van der Waals surface area contributed by atoms with Gasteiger partial charge in [0.15, 0.2) is 0 Å². The predicted molar refractivity (Wildman–Crippen MR) is 63.7 cm³/mol. The van der Waals surface area contributed by atoms with E-state index < -0.39 is 6.10 Å². The molecule has 84 valence electrons. The highest BCUT2D eigenvalue weighted by Gasteiger charge is 2.14. The molecular formula is C11H17NO2S. The minimum absolute atomic E-state index is 0.493. The van der Waals surface area contributed by atoms with Gasteiger partial charge in [-0.3, -0.25) is 0 Å². The van der Waals surface area contributed by atoms with Gasteiger partial charge in [0.05, 0.1) is 18.1 Å². The van der Waals surface area contributed by atoms with E-state index in [-0.39, 0.29) is 0 Å². The molecule has 0 bridgehead atoms. The molecule has 0 heterocycles. The second-order valence-corrected chi connectivity index (χ2v) is 3.97. The lowest BCUT2D eigenvalue weighted by atomic mass is 10.1. The average Bonchev–Trinajstić information content (AvgIpc) is 2.28. The molecule has 15 heavy (non-hydrogen) atoms. The topological polar surface area (TPSA) is 41.5 Å². The van der Waals surface area contributed by atoms with Crippen molar-refractivity contribution < 1.29 is 9.84 Å². The predicted octanol–water partition coefficient (Wildman–Crippen LogP) is 1.67. The van der Waals surface area contributed by atoms with Crippen LogP contribution in [0.15, 0.2) is 23.1 Å². The summed E-state index contributed by atoms with van der Waals surface area (Å²) in [5.74, 6) is 0.815. The number of hydrogen-bond donors (Lipinski definition) is 2. The van der Waals surface area contributed by atoms with Crippen molar-refractivity contribution in [3.8, 4) is 5.75 Å². The molecule has 1 unspecified atom stereocenters. The quantitative estimate of drug-likeness (QED) is 0.751. The Morgan fingerprint density at radius 2 is 2.27 bits per heavy atom. The van der Waals surface area contributed by atoms with Crippen LogP contribution in [0.2, 0.25) is 0 Å². The maximum absolute atomic E-state index is 9.92. The van der Waals surface area contributed by atoms with Crippen LogP contribution in [0.1, 0.15) is 11.7 Å². The molecule has 3 nitrogen and oxygen atoms in total. The van der Waals surface area contributed by atoms with Crippen LogP contribution in [0, 0.1) is 0 Å². The van der Waals surface area contributed by atoms with Crippen molar-refractivity contribution in [3.05, 3.63) is 23.8 Å². The molecule has 0 radical (unpaired) electrons. The molecule has 0 saturated carbocycles. The first-order valence-electron chi connectivity index (χ1n) is 4.78. The minimum Gasteiger partial charge on any atom is -0.496 e. The fourth-order valence-electron chi connectivity index (χ4n) is 1.48. The molecule has 1 atom stereocenters. The number of hydrogen-bond acceptors (Lipinski definition) is 4. The van der Waals surface area contributed by atoms with E-state index in [4.69, 9.17) is 4.74 Å². The van der Waals surface area contributed by atoms with Gasteiger partial charge in [-0.1, -0.05) is 12.1 Å². The van der Waals surface area contributed by atoms with Gasteiger partial charge in [0.25, 0.3) is 0 Å². The first-order valence-corrected chi connectivity index (χ1v) is 6.00. The van der Waals surface area contributed by atoms with E-state index in [9.17, 15) is 5.11 Å². The number of aliphatic hydroxyl groups is 1. The monoisotopic (exact) mass is 227 g/mol. The van der Waals surface area contributed by atoms with E-state index in [1.54, 1.807) is 18.9 Å². The summed E-state index contributed by atoms with van der Waals surface area (Å²) in [7, 11) is 3.46. The summed E-state index contributed by atoms with van der Waals surface area (Å²) in [5, 5.41) is 12.9. The van der Waals surface area contributed by atoms with E-state index in [2.05, 4.69) is 5.32 Å². The zero-order valence-electron chi connectivity index (χ0n) is 9.28. The summed E-state index contributed by atoms with van der Waals surface area (Å²) < 4.78 is 5.25. The number of thioether (sulfide) groups is 1. The molecule has 0 aliphatic heterocycles. The zero-order chi connectivity index (χ0) is 11.3. The van der Waals surface area contributed by atoms with Crippen LogP contribution >= 0.6 is 11.8 Å². The summed E-state index contributed by atoms with van der Waals surface area (Å²) in [5.41, 5.74) is 0.913. The number of likely N-dealkylation sites (N-methyl/N-ethyl adjacent to an activating group) is 1. The fraction of sp³-hybridized carbons (Fsp3) is 0.455. The van der Waals surface area contributed by atoms with Crippen molar-refractivity contribution >= 4 is 11.8 Å². The van der Waals surface area contributed by atoms with E-state index in [1.165, 1.54) is 0 Å². The number of benzene rings is 1. The summed E-state index contributed by atoms with van der Waals surface area (Å²) in [6.45, 7) is 0.542. The Morgan fingerprint density at radius 3 is 2.80 bits per heavy atom. The van der Waals surface area contributed by atoms with Gasteiger partial charge in [-0.2, -0.15) is 0 Å². The molecule has 0 aromatic heterocycles. The molecule has 1 aromatic carbocycles. The second kappa shape index (κ2) is 6.00. The van der Waals surface area contributed by atoms with Gasteiger partial charge in [0.2, 0.25) is 0 Å². The van der Waals surface area contributed by atoms with E-state index in [0.717, 1.165) is 16.2 Å². The normalized spacial score (nSPS) is 12.5. The maximum atomic E-state index is 9.92. The molecule has 4 heteroatoms. The lowest BCUT2D eigenvalue weighted by Gasteiger charge is -2.16. The smallest absolute Gasteiger partial charge is 0.132 e. The minimum atomic E-state index is -0.493. The van der Waals surface area contributed by atoms with Crippen molar-refractivity contribution in [1.29, 1.82) is 0 Å². The van der Waals surface area contributed by atoms with E-state index in [0.29, 0.717) is 6.54 Å². The van der Waals surface area contributed by atoms with Crippen LogP contribution in [-0.4, -0.2) is 32.1 Å². The average molecular weight is 227 g/mol. The Morgan fingerprint density at radius 1 is 1.53 bits per heavy atom.